The normalized spacial score (nSPS) is 10.1. The molecule has 0 atom stereocenters. The van der Waals surface area contributed by atoms with E-state index in [4.69, 9.17) is 5.84 Å². The highest BCUT2D eigenvalue weighted by Gasteiger charge is 2.02. The average molecular weight is 209 g/mol. The first-order valence-electron chi connectivity index (χ1n) is 5.27. The van der Waals surface area contributed by atoms with Gasteiger partial charge in [0.25, 0.3) is 0 Å². The maximum absolute atomic E-state index is 5.28. The van der Waals surface area contributed by atoms with E-state index in [1.54, 1.807) is 0 Å². The Bertz CT molecular complexity index is 289. The molecule has 0 saturated heterocycles. The highest BCUT2D eigenvalue weighted by molar-refractivity contribution is 5.46. The van der Waals surface area contributed by atoms with Crippen LogP contribution in [0.1, 0.15) is 26.2 Å². The van der Waals surface area contributed by atoms with E-state index in [-0.39, 0.29) is 0 Å². The second kappa shape index (κ2) is 6.19. The summed E-state index contributed by atoms with van der Waals surface area (Å²) in [5, 5.41) is 0. The first kappa shape index (κ1) is 11.7. The van der Waals surface area contributed by atoms with E-state index in [1.165, 1.54) is 25.6 Å². The lowest BCUT2D eigenvalue weighted by atomic mass is 10.2. The summed E-state index contributed by atoms with van der Waals surface area (Å²) >= 11 is 0. The fourth-order valence-corrected chi connectivity index (χ4v) is 1.35. The van der Waals surface area contributed by atoms with E-state index in [0.717, 1.165) is 12.4 Å². The minimum Gasteiger partial charge on any atom is -0.360 e. The van der Waals surface area contributed by atoms with Crippen LogP contribution < -0.4 is 16.2 Å². The Morgan fingerprint density at radius 3 is 2.87 bits per heavy atom. The number of unbranched alkanes of at least 4 members (excludes halogenated alkanes) is 2. The predicted octanol–water partition coefficient (Wildman–Crippen LogP) is 1.39. The van der Waals surface area contributed by atoms with Gasteiger partial charge in [-0.15, -0.1) is 0 Å². The standard InChI is InChI=1S/C10H19N5/c1-3-4-5-6-15(2)10-7-9(14-11)12-8-13-10/h7-8H,3-6,11H2,1-2H3,(H,12,13,14). The van der Waals surface area contributed by atoms with Crippen LogP contribution in [0.3, 0.4) is 0 Å². The summed E-state index contributed by atoms with van der Waals surface area (Å²) in [5.74, 6) is 6.82. The number of nitrogens with one attached hydrogen (secondary N) is 1. The molecule has 0 aliphatic heterocycles. The van der Waals surface area contributed by atoms with Gasteiger partial charge in [-0.1, -0.05) is 19.8 Å². The van der Waals surface area contributed by atoms with E-state index in [9.17, 15) is 0 Å². The molecule has 1 rings (SSSR count). The zero-order chi connectivity index (χ0) is 11.1. The van der Waals surface area contributed by atoms with Gasteiger partial charge >= 0.3 is 0 Å². The van der Waals surface area contributed by atoms with Gasteiger partial charge in [0, 0.05) is 19.7 Å². The Morgan fingerprint density at radius 2 is 2.20 bits per heavy atom. The third-order valence-electron chi connectivity index (χ3n) is 2.29. The van der Waals surface area contributed by atoms with Crippen LogP contribution in [0.2, 0.25) is 0 Å². The summed E-state index contributed by atoms with van der Waals surface area (Å²) in [6.07, 6.45) is 5.17. The Kier molecular flexibility index (Phi) is 4.83. The molecule has 5 heteroatoms. The molecule has 15 heavy (non-hydrogen) atoms. The van der Waals surface area contributed by atoms with Crippen molar-refractivity contribution in [2.24, 2.45) is 5.84 Å². The van der Waals surface area contributed by atoms with E-state index < -0.39 is 0 Å². The highest BCUT2D eigenvalue weighted by Crippen LogP contribution is 2.12. The molecule has 5 nitrogen and oxygen atoms in total. The summed E-state index contributed by atoms with van der Waals surface area (Å²) in [6.45, 7) is 3.20. The van der Waals surface area contributed by atoms with Crippen molar-refractivity contribution in [2.45, 2.75) is 26.2 Å². The number of hydrazine groups is 1. The predicted molar refractivity (Wildman–Crippen MR) is 62.6 cm³/mol. The number of hydrogen-bond acceptors (Lipinski definition) is 5. The Hall–Kier alpha value is -1.36. The first-order chi connectivity index (χ1) is 7.27. The van der Waals surface area contributed by atoms with Crippen LogP contribution in [0.25, 0.3) is 0 Å². The van der Waals surface area contributed by atoms with E-state index in [0.29, 0.717) is 5.82 Å². The number of anilines is 2. The second-order valence-corrected chi connectivity index (χ2v) is 3.53. The molecule has 0 aromatic carbocycles. The number of nitrogens with zero attached hydrogens (tertiary/aromatic N) is 3. The molecule has 0 aliphatic rings. The molecule has 3 N–H and O–H groups in total. The molecular weight excluding hydrogens is 190 g/mol. The van der Waals surface area contributed by atoms with Crippen molar-refractivity contribution in [1.29, 1.82) is 0 Å². The number of nitrogens with two attached hydrogens (primary N) is 1. The molecule has 0 spiro atoms. The molecule has 0 radical (unpaired) electrons. The van der Waals surface area contributed by atoms with Gasteiger partial charge in [0.15, 0.2) is 0 Å². The number of nitrogen functional groups attached to an aromatic ring is 1. The minimum absolute atomic E-state index is 0.641. The Morgan fingerprint density at radius 1 is 1.40 bits per heavy atom. The van der Waals surface area contributed by atoms with Gasteiger partial charge in [-0.05, 0) is 6.42 Å². The molecule has 0 bridgehead atoms. The Labute approximate surface area is 90.7 Å². The van der Waals surface area contributed by atoms with Gasteiger partial charge in [-0.3, -0.25) is 0 Å². The summed E-state index contributed by atoms with van der Waals surface area (Å²) < 4.78 is 0. The monoisotopic (exact) mass is 209 g/mol. The SMILES string of the molecule is CCCCCN(C)c1cc(NN)ncn1. The number of hydrogen-bond donors (Lipinski definition) is 2. The van der Waals surface area contributed by atoms with Crippen LogP contribution in [-0.2, 0) is 0 Å². The lowest BCUT2D eigenvalue weighted by molar-refractivity contribution is 0.701. The van der Waals surface area contributed by atoms with Gasteiger partial charge in [0.1, 0.15) is 18.0 Å². The van der Waals surface area contributed by atoms with Crippen LogP contribution >= 0.6 is 0 Å². The molecule has 0 amide bonds. The zero-order valence-electron chi connectivity index (χ0n) is 9.40. The molecule has 0 aliphatic carbocycles. The summed E-state index contributed by atoms with van der Waals surface area (Å²) in [5.41, 5.74) is 2.51. The van der Waals surface area contributed by atoms with Crippen molar-refractivity contribution in [3.63, 3.8) is 0 Å². The average Bonchev–Trinajstić information content (AvgIpc) is 2.29. The number of rotatable bonds is 6. The highest BCUT2D eigenvalue weighted by atomic mass is 15.3. The molecule has 1 heterocycles. The maximum atomic E-state index is 5.28. The minimum atomic E-state index is 0.641. The van der Waals surface area contributed by atoms with E-state index in [2.05, 4.69) is 27.2 Å². The largest absolute Gasteiger partial charge is 0.360 e. The zero-order valence-corrected chi connectivity index (χ0v) is 9.40. The van der Waals surface area contributed by atoms with Gasteiger partial charge in [0.05, 0.1) is 0 Å². The van der Waals surface area contributed by atoms with Crippen molar-refractivity contribution in [2.75, 3.05) is 23.9 Å². The molecule has 0 fully saturated rings. The van der Waals surface area contributed by atoms with Crippen LogP contribution in [-0.4, -0.2) is 23.6 Å². The van der Waals surface area contributed by atoms with Crippen molar-refractivity contribution in [1.82, 2.24) is 9.97 Å². The molecule has 84 valence electrons. The Balaban J connectivity index is 2.52. The van der Waals surface area contributed by atoms with Crippen LogP contribution in [0.4, 0.5) is 11.6 Å². The fraction of sp³-hybridized carbons (Fsp3) is 0.600. The molecule has 0 saturated carbocycles. The quantitative estimate of drug-likeness (QED) is 0.421. The second-order valence-electron chi connectivity index (χ2n) is 3.53. The van der Waals surface area contributed by atoms with Gasteiger partial charge in [-0.25, -0.2) is 15.8 Å². The smallest absolute Gasteiger partial charge is 0.145 e. The van der Waals surface area contributed by atoms with Crippen molar-refractivity contribution >= 4 is 11.6 Å². The summed E-state index contributed by atoms with van der Waals surface area (Å²) in [7, 11) is 2.03. The van der Waals surface area contributed by atoms with Gasteiger partial charge in [0.2, 0.25) is 0 Å². The van der Waals surface area contributed by atoms with Crippen molar-refractivity contribution < 1.29 is 0 Å². The first-order valence-corrected chi connectivity index (χ1v) is 5.27. The van der Waals surface area contributed by atoms with Crippen LogP contribution in [0, 0.1) is 0 Å². The van der Waals surface area contributed by atoms with Crippen LogP contribution in [0.15, 0.2) is 12.4 Å². The molecule has 1 aromatic rings. The van der Waals surface area contributed by atoms with Crippen molar-refractivity contribution in [3.8, 4) is 0 Å². The topological polar surface area (TPSA) is 67.1 Å². The lowest BCUT2D eigenvalue weighted by Crippen LogP contribution is -2.20. The molecule has 1 aromatic heterocycles. The third-order valence-corrected chi connectivity index (χ3v) is 2.29. The van der Waals surface area contributed by atoms with E-state index >= 15 is 0 Å². The van der Waals surface area contributed by atoms with Gasteiger partial charge in [-0.2, -0.15) is 0 Å². The van der Waals surface area contributed by atoms with E-state index in [1.807, 2.05) is 13.1 Å². The molecule has 0 unspecified atom stereocenters. The maximum Gasteiger partial charge on any atom is 0.145 e. The fourth-order valence-electron chi connectivity index (χ4n) is 1.35. The van der Waals surface area contributed by atoms with Crippen molar-refractivity contribution in [3.05, 3.63) is 12.4 Å². The van der Waals surface area contributed by atoms with Crippen LogP contribution in [0.5, 0.6) is 0 Å². The summed E-state index contributed by atoms with van der Waals surface area (Å²) in [6, 6.07) is 1.84. The molecular formula is C10H19N5. The summed E-state index contributed by atoms with van der Waals surface area (Å²) in [4.78, 5) is 10.3. The third kappa shape index (κ3) is 3.71. The van der Waals surface area contributed by atoms with Gasteiger partial charge < -0.3 is 10.3 Å². The lowest BCUT2D eigenvalue weighted by Gasteiger charge is -2.17. The number of aromatic nitrogens is 2.